The number of ether oxygens (including phenoxy) is 1. The van der Waals surface area contributed by atoms with Crippen LogP contribution in [0.2, 0.25) is 0 Å². The predicted octanol–water partition coefficient (Wildman–Crippen LogP) is 5.86. The first-order chi connectivity index (χ1) is 15.9. The summed E-state index contributed by atoms with van der Waals surface area (Å²) < 4.78 is 72.6. The minimum Gasteiger partial charge on any atom is -0.438 e. The fourth-order valence-corrected chi connectivity index (χ4v) is 3.22. The standard InChI is InChI=1S/C23H20F5N3O3/c1-12(14-7-9-15(10-8-14)13(2)32)29-21(33)18-19(20(24)25)30-31(3)22(18)34-17-6-4-5-16(11-17)23(26,27)28/h4-12,20H,1-3H3,(H,29,33)/t12-/m0/s1. The smallest absolute Gasteiger partial charge is 0.416 e. The summed E-state index contributed by atoms with van der Waals surface area (Å²) in [6, 6.07) is 9.51. The van der Waals surface area contributed by atoms with Gasteiger partial charge in [-0.3, -0.25) is 9.59 Å². The van der Waals surface area contributed by atoms with Gasteiger partial charge < -0.3 is 10.1 Å². The molecule has 0 radical (unpaired) electrons. The molecule has 2 aromatic carbocycles. The largest absolute Gasteiger partial charge is 0.438 e. The van der Waals surface area contributed by atoms with Crippen LogP contribution in [-0.4, -0.2) is 21.5 Å². The number of carbonyl (C=O) groups is 2. The molecule has 3 rings (SSSR count). The molecular weight excluding hydrogens is 461 g/mol. The average Bonchev–Trinajstić information content (AvgIpc) is 3.09. The van der Waals surface area contributed by atoms with E-state index in [0.717, 1.165) is 16.8 Å². The Labute approximate surface area is 191 Å². The lowest BCUT2D eigenvalue weighted by atomic mass is 10.0. The Morgan fingerprint density at radius 1 is 1.09 bits per heavy atom. The predicted molar refractivity (Wildman–Crippen MR) is 112 cm³/mol. The highest BCUT2D eigenvalue weighted by Gasteiger charge is 2.33. The Balaban J connectivity index is 1.92. The highest BCUT2D eigenvalue weighted by atomic mass is 19.4. The molecular formula is C23H20F5N3O3. The van der Waals surface area contributed by atoms with Crippen molar-refractivity contribution in [2.75, 3.05) is 0 Å². The number of hydrogen-bond acceptors (Lipinski definition) is 4. The SMILES string of the molecule is CC(=O)c1ccc([C@H](C)NC(=O)c2c(C(F)F)nn(C)c2Oc2cccc(C(F)(F)F)c2)cc1. The van der Waals surface area contributed by atoms with Crippen LogP contribution in [0.5, 0.6) is 11.6 Å². The normalized spacial score (nSPS) is 12.5. The van der Waals surface area contributed by atoms with E-state index in [2.05, 4.69) is 10.4 Å². The van der Waals surface area contributed by atoms with E-state index >= 15 is 0 Å². The first kappa shape index (κ1) is 24.9. The number of carbonyl (C=O) groups excluding carboxylic acids is 2. The molecule has 11 heteroatoms. The second kappa shape index (κ2) is 9.62. The van der Waals surface area contributed by atoms with Crippen LogP contribution in [-0.2, 0) is 13.2 Å². The highest BCUT2D eigenvalue weighted by molar-refractivity contribution is 5.98. The van der Waals surface area contributed by atoms with Gasteiger partial charge in [-0.05, 0) is 37.6 Å². The van der Waals surface area contributed by atoms with E-state index in [-0.39, 0.29) is 11.5 Å². The molecule has 1 atom stereocenters. The first-order valence-corrected chi connectivity index (χ1v) is 10.0. The van der Waals surface area contributed by atoms with Crippen LogP contribution >= 0.6 is 0 Å². The monoisotopic (exact) mass is 481 g/mol. The topological polar surface area (TPSA) is 73.2 Å². The third-order valence-corrected chi connectivity index (χ3v) is 5.00. The molecule has 34 heavy (non-hydrogen) atoms. The van der Waals surface area contributed by atoms with Crippen LogP contribution in [0.3, 0.4) is 0 Å². The molecule has 0 unspecified atom stereocenters. The molecule has 0 saturated heterocycles. The lowest BCUT2D eigenvalue weighted by Crippen LogP contribution is -2.27. The molecule has 1 heterocycles. The van der Waals surface area contributed by atoms with Crippen molar-refractivity contribution >= 4 is 11.7 Å². The second-order valence-electron chi connectivity index (χ2n) is 7.49. The Bertz CT molecular complexity index is 1200. The van der Waals surface area contributed by atoms with Crippen molar-refractivity contribution in [2.24, 2.45) is 7.05 Å². The molecule has 0 aliphatic heterocycles. The summed E-state index contributed by atoms with van der Waals surface area (Å²) in [7, 11) is 1.23. The van der Waals surface area contributed by atoms with E-state index in [1.165, 1.54) is 20.0 Å². The number of ketones is 1. The summed E-state index contributed by atoms with van der Waals surface area (Å²) in [6.07, 6.45) is -7.79. The van der Waals surface area contributed by atoms with E-state index in [9.17, 15) is 31.5 Å². The van der Waals surface area contributed by atoms with Gasteiger partial charge in [-0.15, -0.1) is 0 Å². The van der Waals surface area contributed by atoms with E-state index < -0.39 is 47.3 Å². The van der Waals surface area contributed by atoms with Gasteiger partial charge in [0, 0.05) is 12.6 Å². The van der Waals surface area contributed by atoms with Crippen LogP contribution in [0.25, 0.3) is 0 Å². The van der Waals surface area contributed by atoms with E-state index in [0.29, 0.717) is 17.2 Å². The lowest BCUT2D eigenvalue weighted by molar-refractivity contribution is -0.137. The van der Waals surface area contributed by atoms with Crippen LogP contribution in [0.15, 0.2) is 48.5 Å². The van der Waals surface area contributed by atoms with Gasteiger partial charge >= 0.3 is 6.18 Å². The Morgan fingerprint density at radius 2 is 1.74 bits per heavy atom. The van der Waals surface area contributed by atoms with Crippen molar-refractivity contribution in [2.45, 2.75) is 32.5 Å². The molecule has 0 aliphatic carbocycles. The number of aryl methyl sites for hydroxylation is 1. The third-order valence-electron chi connectivity index (χ3n) is 5.00. The van der Waals surface area contributed by atoms with Crippen molar-refractivity contribution in [1.29, 1.82) is 0 Å². The maximum atomic E-state index is 13.6. The Hall–Kier alpha value is -3.76. The fourth-order valence-electron chi connectivity index (χ4n) is 3.22. The van der Waals surface area contributed by atoms with Gasteiger partial charge in [0.25, 0.3) is 12.3 Å². The van der Waals surface area contributed by atoms with Crippen LogP contribution in [0.1, 0.15) is 63.9 Å². The number of hydrogen-bond donors (Lipinski definition) is 1. The number of amides is 1. The number of benzene rings is 2. The maximum absolute atomic E-state index is 13.6. The van der Waals surface area contributed by atoms with Gasteiger partial charge in [-0.2, -0.15) is 18.3 Å². The fraction of sp³-hybridized carbons (Fsp3) is 0.261. The zero-order chi connectivity index (χ0) is 25.2. The summed E-state index contributed by atoms with van der Waals surface area (Å²) in [5, 5.41) is 6.19. The van der Waals surface area contributed by atoms with Crippen LogP contribution in [0, 0.1) is 0 Å². The molecule has 1 aromatic heterocycles. The molecule has 1 amide bonds. The van der Waals surface area contributed by atoms with Crippen molar-refractivity contribution in [3.05, 3.63) is 76.5 Å². The lowest BCUT2D eigenvalue weighted by Gasteiger charge is -2.16. The minimum atomic E-state index is -4.65. The van der Waals surface area contributed by atoms with E-state index in [1.807, 2.05) is 0 Å². The molecule has 0 fully saturated rings. The quantitative estimate of drug-likeness (QED) is 0.339. The molecule has 6 nitrogen and oxygen atoms in total. The number of alkyl halides is 5. The van der Waals surface area contributed by atoms with Crippen molar-refractivity contribution < 1.29 is 36.3 Å². The summed E-state index contributed by atoms with van der Waals surface area (Å²) >= 11 is 0. The van der Waals surface area contributed by atoms with Crippen molar-refractivity contribution in [1.82, 2.24) is 15.1 Å². The minimum absolute atomic E-state index is 0.142. The summed E-state index contributed by atoms with van der Waals surface area (Å²) in [5.74, 6) is -1.84. The van der Waals surface area contributed by atoms with Gasteiger partial charge in [0.15, 0.2) is 5.78 Å². The third kappa shape index (κ3) is 5.41. The molecule has 0 bridgehead atoms. The number of nitrogens with zero attached hydrogens (tertiary/aromatic N) is 2. The molecule has 0 spiro atoms. The van der Waals surface area contributed by atoms with Gasteiger partial charge in [0.1, 0.15) is 17.0 Å². The van der Waals surface area contributed by atoms with Gasteiger partial charge in [0.2, 0.25) is 5.88 Å². The van der Waals surface area contributed by atoms with E-state index in [4.69, 9.17) is 4.74 Å². The molecule has 180 valence electrons. The number of nitrogens with one attached hydrogen (secondary N) is 1. The number of Topliss-reactive ketones (excluding diaryl/α,β-unsaturated/α-hetero) is 1. The van der Waals surface area contributed by atoms with Gasteiger partial charge in [-0.1, -0.05) is 30.3 Å². The first-order valence-electron chi connectivity index (χ1n) is 10.0. The summed E-state index contributed by atoms with van der Waals surface area (Å²) in [6.45, 7) is 3.01. The van der Waals surface area contributed by atoms with Gasteiger partial charge in [-0.25, -0.2) is 13.5 Å². The van der Waals surface area contributed by atoms with Gasteiger partial charge in [0.05, 0.1) is 11.6 Å². The molecule has 1 N–H and O–H groups in total. The van der Waals surface area contributed by atoms with Crippen LogP contribution < -0.4 is 10.1 Å². The Morgan fingerprint density at radius 3 is 2.29 bits per heavy atom. The molecule has 0 saturated carbocycles. The zero-order valence-corrected chi connectivity index (χ0v) is 18.3. The van der Waals surface area contributed by atoms with Crippen LogP contribution in [0.4, 0.5) is 22.0 Å². The van der Waals surface area contributed by atoms with Crippen molar-refractivity contribution in [3.63, 3.8) is 0 Å². The Kier molecular flexibility index (Phi) is 7.04. The molecule has 3 aromatic rings. The highest BCUT2D eigenvalue weighted by Crippen LogP contribution is 2.36. The second-order valence-corrected chi connectivity index (χ2v) is 7.49. The number of rotatable bonds is 7. The molecule has 0 aliphatic rings. The zero-order valence-electron chi connectivity index (χ0n) is 18.3. The van der Waals surface area contributed by atoms with E-state index in [1.54, 1.807) is 31.2 Å². The number of halogens is 5. The summed E-state index contributed by atoms with van der Waals surface area (Å²) in [4.78, 5) is 24.4. The van der Waals surface area contributed by atoms with Crippen molar-refractivity contribution in [3.8, 4) is 11.6 Å². The number of aromatic nitrogens is 2. The summed E-state index contributed by atoms with van der Waals surface area (Å²) in [5.41, 5.74) is -1.41. The maximum Gasteiger partial charge on any atom is 0.416 e. The average molecular weight is 481 g/mol.